The summed E-state index contributed by atoms with van der Waals surface area (Å²) in [6.45, 7) is 4.00. The van der Waals surface area contributed by atoms with Crippen LogP contribution >= 0.6 is 11.7 Å². The number of carbonyl (C=O) groups excluding carboxylic acids is 1. The summed E-state index contributed by atoms with van der Waals surface area (Å²) >= 11 is 0.823. The average Bonchev–Trinajstić information content (AvgIpc) is 3.22. The van der Waals surface area contributed by atoms with Crippen molar-refractivity contribution in [3.05, 3.63) is 71.7 Å². The van der Waals surface area contributed by atoms with Crippen molar-refractivity contribution in [3.63, 3.8) is 0 Å². The second-order valence-corrected chi connectivity index (χ2v) is 6.54. The number of halogens is 4. The van der Waals surface area contributed by atoms with Crippen LogP contribution in [-0.4, -0.2) is 19.6 Å². The van der Waals surface area contributed by atoms with Crippen LogP contribution in [0.5, 0.6) is 0 Å². The molecule has 2 heterocycles. The maximum absolute atomic E-state index is 13.7. The summed E-state index contributed by atoms with van der Waals surface area (Å²) in [5.74, 6) is -1.33. The third-order valence-electron chi connectivity index (χ3n) is 4.13. The molecular formula is C21H16F4N4OS. The van der Waals surface area contributed by atoms with Crippen LogP contribution in [0.25, 0.3) is 22.2 Å². The molecule has 0 saturated carbocycles. The molecule has 0 atom stereocenters. The molecule has 0 saturated heterocycles. The highest BCUT2D eigenvalue weighted by Crippen LogP contribution is 2.39. The smallest absolute Gasteiger partial charge is 0.306 e. The highest BCUT2D eigenvalue weighted by molar-refractivity contribution is 7.00. The van der Waals surface area contributed by atoms with Crippen molar-refractivity contribution >= 4 is 34.5 Å². The van der Waals surface area contributed by atoms with Crippen molar-refractivity contribution in [2.75, 3.05) is 5.32 Å². The first kappa shape index (κ1) is 22.3. The molecule has 1 N–H and O–H groups in total. The van der Waals surface area contributed by atoms with Crippen LogP contribution in [0.3, 0.4) is 0 Å². The van der Waals surface area contributed by atoms with Crippen molar-refractivity contribution in [2.24, 2.45) is 0 Å². The van der Waals surface area contributed by atoms with Gasteiger partial charge in [-0.25, -0.2) is 9.37 Å². The number of alkyl halides is 3. The van der Waals surface area contributed by atoms with Crippen molar-refractivity contribution in [1.82, 2.24) is 13.7 Å². The molecule has 0 radical (unpaired) electrons. The van der Waals surface area contributed by atoms with E-state index in [0.717, 1.165) is 23.9 Å². The number of nitrogens with one attached hydrogen (secondary N) is 1. The van der Waals surface area contributed by atoms with Gasteiger partial charge in [0.15, 0.2) is 0 Å². The zero-order chi connectivity index (χ0) is 22.6. The molecule has 0 bridgehead atoms. The van der Waals surface area contributed by atoms with E-state index in [9.17, 15) is 22.4 Å². The van der Waals surface area contributed by atoms with Crippen LogP contribution in [0.1, 0.15) is 29.8 Å². The molecular weight excluding hydrogens is 432 g/mol. The average molecular weight is 448 g/mol. The summed E-state index contributed by atoms with van der Waals surface area (Å²) in [4.78, 5) is 16.1. The Kier molecular flexibility index (Phi) is 6.59. The summed E-state index contributed by atoms with van der Waals surface area (Å²) < 4.78 is 62.0. The lowest BCUT2D eigenvalue weighted by Gasteiger charge is -2.13. The molecule has 5 nitrogen and oxygen atoms in total. The van der Waals surface area contributed by atoms with E-state index < -0.39 is 23.5 Å². The van der Waals surface area contributed by atoms with Gasteiger partial charge in [-0.2, -0.15) is 21.9 Å². The third kappa shape index (κ3) is 4.85. The lowest BCUT2D eigenvalue weighted by molar-refractivity contribution is -0.137. The van der Waals surface area contributed by atoms with Gasteiger partial charge in [-0.15, -0.1) is 0 Å². The van der Waals surface area contributed by atoms with Gasteiger partial charge in [0.05, 0.1) is 22.9 Å². The van der Waals surface area contributed by atoms with Crippen molar-refractivity contribution < 1.29 is 22.4 Å². The normalized spacial score (nSPS) is 11.0. The molecule has 0 aliphatic carbocycles. The summed E-state index contributed by atoms with van der Waals surface area (Å²) in [5.41, 5.74) is -0.433. The van der Waals surface area contributed by atoms with Crippen LogP contribution in [0, 0.1) is 5.82 Å². The Balaban J connectivity index is 0.00000132. The van der Waals surface area contributed by atoms with Crippen molar-refractivity contribution in [1.29, 1.82) is 0 Å². The largest absolute Gasteiger partial charge is 0.417 e. The predicted octanol–water partition coefficient (Wildman–Crippen LogP) is 6.19. The van der Waals surface area contributed by atoms with Gasteiger partial charge in [-0.05, 0) is 42.0 Å². The molecule has 0 spiro atoms. The number of rotatable bonds is 3. The Labute approximate surface area is 179 Å². The molecule has 0 aliphatic rings. The molecule has 10 heteroatoms. The van der Waals surface area contributed by atoms with E-state index in [1.165, 1.54) is 42.6 Å². The Hall–Kier alpha value is -3.40. The maximum Gasteiger partial charge on any atom is 0.417 e. The fourth-order valence-corrected chi connectivity index (χ4v) is 3.27. The van der Waals surface area contributed by atoms with Gasteiger partial charge in [0.1, 0.15) is 22.7 Å². The summed E-state index contributed by atoms with van der Waals surface area (Å²) in [6.07, 6.45) is -3.39. The molecule has 4 rings (SSSR count). The van der Waals surface area contributed by atoms with Gasteiger partial charge in [0.25, 0.3) is 5.91 Å². The van der Waals surface area contributed by atoms with Gasteiger partial charge < -0.3 is 5.32 Å². The second-order valence-electron chi connectivity index (χ2n) is 6.01. The van der Waals surface area contributed by atoms with Gasteiger partial charge in [-0.1, -0.05) is 26.0 Å². The number of pyridine rings is 1. The van der Waals surface area contributed by atoms with E-state index >= 15 is 0 Å². The molecule has 31 heavy (non-hydrogen) atoms. The zero-order valence-electron chi connectivity index (χ0n) is 16.4. The highest BCUT2D eigenvalue weighted by Gasteiger charge is 2.34. The number of anilines is 1. The summed E-state index contributed by atoms with van der Waals surface area (Å²) in [5, 5.41) is 2.42. The van der Waals surface area contributed by atoms with Crippen LogP contribution in [-0.2, 0) is 6.18 Å². The second kappa shape index (κ2) is 9.17. The molecule has 1 amide bonds. The molecule has 2 aromatic heterocycles. The molecule has 4 aromatic rings. The Morgan fingerprint density at radius 1 is 1.00 bits per heavy atom. The monoisotopic (exact) mass is 448 g/mol. The van der Waals surface area contributed by atoms with Crippen LogP contribution in [0.2, 0.25) is 0 Å². The number of hydrogen-bond donors (Lipinski definition) is 1. The number of benzene rings is 2. The van der Waals surface area contributed by atoms with Crippen molar-refractivity contribution in [2.45, 2.75) is 20.0 Å². The standard InChI is InChI=1S/C19H10F4N4OS.C2H6/c20-14-4-2-1-3-11(14)18(28)25-17-6-5-10(9-24-17)12-7-15-16(27-29-26-15)8-13(12)19(21,22)23;1-2/h1-9H,(H,24,25,28);1-2H3. The van der Waals surface area contributed by atoms with E-state index in [0.29, 0.717) is 5.52 Å². The fraction of sp³-hybridized carbons (Fsp3) is 0.143. The zero-order valence-corrected chi connectivity index (χ0v) is 17.2. The fourth-order valence-electron chi connectivity index (χ4n) is 2.76. The maximum atomic E-state index is 13.7. The quantitative estimate of drug-likeness (QED) is 0.380. The molecule has 0 fully saturated rings. The van der Waals surface area contributed by atoms with E-state index in [2.05, 4.69) is 19.0 Å². The van der Waals surface area contributed by atoms with Gasteiger partial charge >= 0.3 is 6.18 Å². The topological polar surface area (TPSA) is 67.8 Å². The van der Waals surface area contributed by atoms with E-state index in [1.807, 2.05) is 13.8 Å². The van der Waals surface area contributed by atoms with Crippen LogP contribution in [0.15, 0.2) is 54.7 Å². The summed E-state index contributed by atoms with van der Waals surface area (Å²) in [6, 6.07) is 10.4. The van der Waals surface area contributed by atoms with E-state index in [1.54, 1.807) is 0 Å². The first-order valence-corrected chi connectivity index (χ1v) is 9.92. The minimum Gasteiger partial charge on any atom is -0.306 e. The van der Waals surface area contributed by atoms with E-state index in [4.69, 9.17) is 0 Å². The Morgan fingerprint density at radius 2 is 1.68 bits per heavy atom. The lowest BCUT2D eigenvalue weighted by atomic mass is 9.99. The minimum absolute atomic E-state index is 0.0759. The summed E-state index contributed by atoms with van der Waals surface area (Å²) in [7, 11) is 0. The molecule has 160 valence electrons. The Bertz CT molecular complexity index is 1210. The van der Waals surface area contributed by atoms with E-state index in [-0.39, 0.29) is 28.0 Å². The Morgan fingerprint density at radius 3 is 2.29 bits per heavy atom. The van der Waals surface area contributed by atoms with Gasteiger partial charge in [0.2, 0.25) is 0 Å². The molecule has 2 aromatic carbocycles. The lowest BCUT2D eigenvalue weighted by Crippen LogP contribution is -2.14. The third-order valence-corrected chi connectivity index (χ3v) is 4.69. The predicted molar refractivity (Wildman–Crippen MR) is 111 cm³/mol. The number of amides is 1. The first-order chi connectivity index (χ1) is 14.8. The number of hydrogen-bond acceptors (Lipinski definition) is 5. The number of carbonyl (C=O) groups is 1. The molecule has 0 unspecified atom stereocenters. The van der Waals surface area contributed by atoms with Crippen LogP contribution in [0.4, 0.5) is 23.4 Å². The molecule has 0 aliphatic heterocycles. The van der Waals surface area contributed by atoms with Crippen molar-refractivity contribution in [3.8, 4) is 11.1 Å². The SMILES string of the molecule is CC.O=C(Nc1ccc(-c2cc3nsnc3cc2C(F)(F)F)cn1)c1ccccc1F. The minimum atomic E-state index is -4.59. The number of nitrogens with zero attached hydrogens (tertiary/aromatic N) is 3. The number of fused-ring (bicyclic) bond motifs is 1. The van der Waals surface area contributed by atoms with Gasteiger partial charge in [-0.3, -0.25) is 4.79 Å². The number of aromatic nitrogens is 3. The van der Waals surface area contributed by atoms with Crippen LogP contribution < -0.4 is 5.32 Å². The highest BCUT2D eigenvalue weighted by atomic mass is 32.1. The first-order valence-electron chi connectivity index (χ1n) is 9.19. The van der Waals surface area contributed by atoms with Gasteiger partial charge in [0, 0.05) is 11.8 Å².